The maximum atomic E-state index is 12.5. The van der Waals surface area contributed by atoms with Gasteiger partial charge in [-0.25, -0.2) is 0 Å². The first-order chi connectivity index (χ1) is 13.1. The van der Waals surface area contributed by atoms with Crippen LogP contribution in [0.2, 0.25) is 0 Å². The van der Waals surface area contributed by atoms with Crippen LogP contribution in [0.4, 0.5) is 11.4 Å². The van der Waals surface area contributed by atoms with E-state index in [9.17, 15) is 39.7 Å². The van der Waals surface area contributed by atoms with E-state index in [1.807, 2.05) is 0 Å². The Labute approximate surface area is 217 Å². The molecule has 0 radical (unpaired) electrons. The third kappa shape index (κ3) is 7.51. The van der Waals surface area contributed by atoms with E-state index in [-0.39, 0.29) is 76.0 Å². The molecule has 1 rings (SSSR count). The summed E-state index contributed by atoms with van der Waals surface area (Å²) < 4.78 is 0. The van der Waals surface area contributed by atoms with Gasteiger partial charge in [-0.05, 0) is 0 Å². The topological polar surface area (TPSA) is 185 Å². The summed E-state index contributed by atoms with van der Waals surface area (Å²) in [7, 11) is 0. The normalized spacial score (nSPS) is 10.0. The molecule has 0 bridgehead atoms. The summed E-state index contributed by atoms with van der Waals surface area (Å²) >= 11 is 7.77. The Morgan fingerprint density at radius 3 is 1.59 bits per heavy atom. The van der Waals surface area contributed by atoms with Gasteiger partial charge in [-0.3, -0.25) is 29.8 Å². The van der Waals surface area contributed by atoms with Gasteiger partial charge in [-0.15, -0.1) is 0 Å². The molecule has 0 unspecified atom stereocenters. The van der Waals surface area contributed by atoms with Crippen molar-refractivity contribution >= 4 is 54.4 Å². The molecule has 0 aliphatic heterocycles. The average Bonchev–Trinajstić information content (AvgIpc) is 2.64. The number of carbonyl (C=O) groups excluding carboxylic acids is 3. The number of nitrogens with one attached hydrogen (secondary N) is 2. The summed E-state index contributed by atoms with van der Waals surface area (Å²) in [5, 5.41) is 38.5. The number of aromatic carboxylic acids is 1. The minimum absolute atomic E-state index is 0. The van der Waals surface area contributed by atoms with E-state index >= 15 is 0 Å². The number of nitrogens with zero attached hydrogens (tertiary/aromatic N) is 2. The van der Waals surface area contributed by atoms with Crippen molar-refractivity contribution in [2.75, 3.05) is 24.6 Å². The van der Waals surface area contributed by atoms with Crippen molar-refractivity contribution in [3.05, 3.63) is 43.5 Å². The van der Waals surface area contributed by atoms with Crippen molar-refractivity contribution in [3.63, 3.8) is 0 Å². The van der Waals surface area contributed by atoms with Gasteiger partial charge in [0.1, 0.15) is 5.56 Å². The fraction of sp³-hybridized carbons (Fsp3) is 0.357. The quantitative estimate of drug-likeness (QED) is 0.0877. The van der Waals surface area contributed by atoms with E-state index in [1.54, 1.807) is 0 Å². The molecule has 0 saturated carbocycles. The first kappa shape index (κ1) is 27.8. The third-order valence-corrected chi connectivity index (χ3v) is 3.85. The molecule has 0 saturated heterocycles. The van der Waals surface area contributed by atoms with E-state index in [2.05, 4.69) is 35.9 Å². The van der Waals surface area contributed by atoms with E-state index in [4.69, 9.17) is 0 Å². The van der Waals surface area contributed by atoms with Crippen LogP contribution in [0.1, 0.15) is 21.8 Å². The Morgan fingerprint density at radius 2 is 1.31 bits per heavy atom. The Bertz CT molecular complexity index is 768. The zero-order valence-electron chi connectivity index (χ0n) is 15.1. The zero-order chi connectivity index (χ0) is 21.4. The molecule has 0 heterocycles. The zero-order valence-corrected chi connectivity index (χ0v) is 20.0. The summed E-state index contributed by atoms with van der Waals surface area (Å²) in [4.78, 5) is 56.6. The van der Waals surface area contributed by atoms with E-state index in [0.717, 1.165) is 0 Å². The molecule has 1 aromatic carbocycles. The molecular weight excluding hydrogens is 455 g/mol. The molecule has 0 aliphatic carbocycles. The second kappa shape index (κ2) is 13.1. The standard InChI is InChI=1S/C14H16N4O8S2.K/c19-12(15-1-3-27)11(13(20)16-2-4-28)10-8(17(23)24)5-7(14(21)22)6-9(10)18(25)26;/h5-6,11,27-28H,1-4H2,(H,15,19)(H,16,20)(H,21,22);/q;+1/p-1. The maximum absolute atomic E-state index is 12.5. The Balaban J connectivity index is 0.00000784. The van der Waals surface area contributed by atoms with Gasteiger partial charge in [0.05, 0.1) is 15.8 Å². The van der Waals surface area contributed by atoms with Gasteiger partial charge in [0.15, 0.2) is 5.92 Å². The third-order valence-electron chi connectivity index (χ3n) is 3.40. The number of carboxylic acids is 1. The summed E-state index contributed by atoms with van der Waals surface area (Å²) in [6.07, 6.45) is 0. The molecule has 0 fully saturated rings. The van der Waals surface area contributed by atoms with Crippen molar-refractivity contribution in [3.8, 4) is 0 Å². The smallest absolute Gasteiger partial charge is 0.545 e. The van der Waals surface area contributed by atoms with Crippen LogP contribution in [0.5, 0.6) is 0 Å². The number of nitro benzene ring substituents is 2. The van der Waals surface area contributed by atoms with Crippen molar-refractivity contribution in [1.29, 1.82) is 0 Å². The van der Waals surface area contributed by atoms with E-state index in [1.165, 1.54) is 0 Å². The minimum Gasteiger partial charge on any atom is -0.545 e. The number of benzene rings is 1. The summed E-state index contributed by atoms with van der Waals surface area (Å²) in [5.74, 6) is -5.62. The first-order valence-corrected chi connectivity index (χ1v) is 8.87. The number of thiol groups is 2. The van der Waals surface area contributed by atoms with Crippen LogP contribution >= 0.6 is 25.3 Å². The monoisotopic (exact) mass is 470 g/mol. The summed E-state index contributed by atoms with van der Waals surface area (Å²) in [5.41, 5.74) is -3.82. The first-order valence-electron chi connectivity index (χ1n) is 7.60. The van der Waals surface area contributed by atoms with Gasteiger partial charge in [0.25, 0.3) is 11.4 Å². The molecule has 2 N–H and O–H groups in total. The van der Waals surface area contributed by atoms with Crippen molar-refractivity contribution < 1.29 is 80.7 Å². The molecule has 29 heavy (non-hydrogen) atoms. The van der Waals surface area contributed by atoms with Crippen LogP contribution in [-0.2, 0) is 9.59 Å². The molecule has 15 heteroatoms. The molecule has 2 amide bonds. The average molecular weight is 471 g/mol. The van der Waals surface area contributed by atoms with E-state index in [0.29, 0.717) is 12.1 Å². The summed E-state index contributed by atoms with van der Waals surface area (Å²) in [6.45, 7) is -0.0337. The van der Waals surface area contributed by atoms with Gasteiger partial charge in [-0.1, -0.05) is 0 Å². The minimum atomic E-state index is -1.98. The maximum Gasteiger partial charge on any atom is 1.00 e. The number of hydrogen-bond acceptors (Lipinski definition) is 10. The Hall–Kier alpha value is -1.23. The van der Waals surface area contributed by atoms with E-state index < -0.39 is 56.0 Å². The van der Waals surface area contributed by atoms with Gasteiger partial charge >= 0.3 is 51.4 Å². The molecule has 0 spiro atoms. The number of rotatable bonds is 10. The summed E-state index contributed by atoms with van der Waals surface area (Å²) in [6, 6.07) is 1.00. The van der Waals surface area contributed by atoms with Gasteiger partial charge < -0.3 is 20.5 Å². The van der Waals surface area contributed by atoms with Crippen LogP contribution in [0.3, 0.4) is 0 Å². The number of hydrogen-bond donors (Lipinski definition) is 4. The van der Waals surface area contributed by atoms with Crippen LogP contribution in [-0.4, -0.2) is 52.2 Å². The van der Waals surface area contributed by atoms with Gasteiger partial charge in [0, 0.05) is 42.3 Å². The molecule has 0 aliphatic rings. The van der Waals surface area contributed by atoms with Crippen LogP contribution in [0.15, 0.2) is 12.1 Å². The second-order valence-corrected chi connectivity index (χ2v) is 6.09. The molecular formula is C14H15KN4O8S2. The van der Waals surface area contributed by atoms with Crippen molar-refractivity contribution in [1.82, 2.24) is 10.6 Å². The molecule has 152 valence electrons. The molecule has 12 nitrogen and oxygen atoms in total. The fourth-order valence-corrected chi connectivity index (χ4v) is 2.51. The largest absolute Gasteiger partial charge is 1.00 e. The second-order valence-electron chi connectivity index (χ2n) is 5.19. The molecule has 0 aromatic heterocycles. The Kier molecular flexibility index (Phi) is 12.6. The van der Waals surface area contributed by atoms with Gasteiger partial charge in [-0.2, -0.15) is 25.3 Å². The molecule has 0 atom stereocenters. The Morgan fingerprint density at radius 1 is 0.931 bits per heavy atom. The predicted molar refractivity (Wildman–Crippen MR) is 101 cm³/mol. The van der Waals surface area contributed by atoms with Crippen LogP contribution < -0.4 is 67.1 Å². The predicted octanol–water partition coefficient (Wildman–Crippen LogP) is -3.95. The fourth-order valence-electron chi connectivity index (χ4n) is 2.28. The number of carbonyl (C=O) groups is 3. The number of amides is 2. The van der Waals surface area contributed by atoms with Crippen molar-refractivity contribution in [2.24, 2.45) is 0 Å². The van der Waals surface area contributed by atoms with Crippen molar-refractivity contribution in [2.45, 2.75) is 5.92 Å². The van der Waals surface area contributed by atoms with Crippen LogP contribution in [0.25, 0.3) is 0 Å². The number of nitro groups is 2. The van der Waals surface area contributed by atoms with Gasteiger partial charge in [0.2, 0.25) is 11.8 Å². The molecule has 1 aromatic rings. The number of carboxylic acid groups (broad SMARTS) is 1. The SMILES string of the molecule is O=C([O-])c1cc([N+](=O)[O-])c(C(C(=O)NCCS)C(=O)NCCS)c([N+](=O)[O-])c1.[K+]. The van der Waals surface area contributed by atoms with Crippen LogP contribution in [0, 0.1) is 20.2 Å².